The van der Waals surface area contributed by atoms with Crippen molar-refractivity contribution in [1.82, 2.24) is 14.5 Å². The van der Waals surface area contributed by atoms with Crippen LogP contribution in [0.2, 0.25) is 0 Å². The van der Waals surface area contributed by atoms with Crippen molar-refractivity contribution in [3.8, 4) is 78.4 Å². The summed E-state index contributed by atoms with van der Waals surface area (Å²) in [6.07, 6.45) is 0. The molecular weight excluding hydrogens is 679 g/mol. The summed E-state index contributed by atoms with van der Waals surface area (Å²) in [5.41, 5.74) is 19.3. The van der Waals surface area contributed by atoms with Crippen LogP contribution in [0.3, 0.4) is 0 Å². The van der Waals surface area contributed by atoms with Crippen molar-refractivity contribution in [3.63, 3.8) is 0 Å². The number of rotatable bonds is 6. The maximum absolute atomic E-state index is 5.20. The van der Waals surface area contributed by atoms with Crippen molar-refractivity contribution in [2.24, 2.45) is 0 Å². The fourth-order valence-corrected chi connectivity index (χ4v) is 8.47. The molecule has 7 aromatic carbocycles. The minimum absolute atomic E-state index is 0.832. The molecule has 0 bridgehead atoms. The SMILES string of the molecule is c1ccc(-c2cc(-c3ccc4c(c3)c3cc(-c5cc(-c6ccccc6)nc(-c6ccccc6)c5)cc5c3n4Cc3ccccc3-5)cc(-c3ccccc3)n2)cc1. The monoisotopic (exact) mass is 713 g/mol. The number of benzene rings is 7. The summed E-state index contributed by atoms with van der Waals surface area (Å²) in [6.45, 7) is 0.832. The van der Waals surface area contributed by atoms with E-state index in [0.717, 1.165) is 62.7 Å². The van der Waals surface area contributed by atoms with Crippen LogP contribution in [0, 0.1) is 0 Å². The van der Waals surface area contributed by atoms with Gasteiger partial charge in [0.15, 0.2) is 0 Å². The molecule has 0 atom stereocenters. The highest BCUT2D eigenvalue weighted by Crippen LogP contribution is 2.45. The van der Waals surface area contributed by atoms with Crippen LogP contribution in [0.15, 0.2) is 200 Å². The Morgan fingerprint density at radius 1 is 0.321 bits per heavy atom. The van der Waals surface area contributed by atoms with E-state index < -0.39 is 0 Å². The smallest absolute Gasteiger partial charge is 0.0715 e. The summed E-state index contributed by atoms with van der Waals surface area (Å²) >= 11 is 0. The first-order valence-electron chi connectivity index (χ1n) is 19.2. The molecule has 4 heterocycles. The summed E-state index contributed by atoms with van der Waals surface area (Å²) < 4.78 is 2.52. The van der Waals surface area contributed by atoms with Crippen LogP contribution < -0.4 is 0 Å². The fraction of sp³-hybridized carbons (Fsp3) is 0.0189. The molecule has 262 valence electrons. The summed E-state index contributed by atoms with van der Waals surface area (Å²) in [7, 11) is 0. The fourth-order valence-electron chi connectivity index (χ4n) is 8.47. The van der Waals surface area contributed by atoms with Gasteiger partial charge in [-0.3, -0.25) is 0 Å². The van der Waals surface area contributed by atoms with Gasteiger partial charge in [0.1, 0.15) is 0 Å². The molecule has 0 N–H and O–H groups in total. The van der Waals surface area contributed by atoms with Crippen LogP contribution in [0.25, 0.3) is 100 Å². The maximum Gasteiger partial charge on any atom is 0.0715 e. The molecule has 3 nitrogen and oxygen atoms in total. The molecule has 0 fully saturated rings. The number of hydrogen-bond acceptors (Lipinski definition) is 2. The van der Waals surface area contributed by atoms with Crippen molar-refractivity contribution < 1.29 is 0 Å². The van der Waals surface area contributed by atoms with E-state index in [1.165, 1.54) is 49.6 Å². The van der Waals surface area contributed by atoms with E-state index in [-0.39, 0.29) is 0 Å². The zero-order valence-electron chi connectivity index (χ0n) is 30.6. The van der Waals surface area contributed by atoms with Crippen LogP contribution in [0.1, 0.15) is 5.56 Å². The first kappa shape index (κ1) is 32.1. The van der Waals surface area contributed by atoms with Crippen LogP contribution >= 0.6 is 0 Å². The van der Waals surface area contributed by atoms with Gasteiger partial charge in [-0.2, -0.15) is 0 Å². The average molecular weight is 714 g/mol. The van der Waals surface area contributed by atoms with Crippen molar-refractivity contribution in [1.29, 1.82) is 0 Å². The third-order valence-electron chi connectivity index (χ3n) is 11.2. The summed E-state index contributed by atoms with van der Waals surface area (Å²) in [5.74, 6) is 0. The normalized spacial score (nSPS) is 11.9. The van der Waals surface area contributed by atoms with E-state index in [2.05, 4.69) is 205 Å². The van der Waals surface area contributed by atoms with Gasteiger partial charge < -0.3 is 4.57 Å². The van der Waals surface area contributed by atoms with Crippen LogP contribution in [-0.4, -0.2) is 14.5 Å². The Kier molecular flexibility index (Phi) is 7.56. The van der Waals surface area contributed by atoms with Gasteiger partial charge in [0.25, 0.3) is 0 Å². The second-order valence-corrected chi connectivity index (χ2v) is 14.6. The second-order valence-electron chi connectivity index (χ2n) is 14.6. The van der Waals surface area contributed by atoms with Crippen LogP contribution in [0.4, 0.5) is 0 Å². The third kappa shape index (κ3) is 5.52. The largest absolute Gasteiger partial charge is 0.335 e. The number of hydrogen-bond donors (Lipinski definition) is 0. The Labute approximate surface area is 325 Å². The number of aromatic nitrogens is 3. The van der Waals surface area contributed by atoms with Crippen molar-refractivity contribution in [2.45, 2.75) is 6.54 Å². The first-order valence-corrected chi connectivity index (χ1v) is 19.2. The molecule has 0 saturated heterocycles. The molecular formula is C53H35N3. The van der Waals surface area contributed by atoms with Crippen molar-refractivity contribution in [3.05, 3.63) is 206 Å². The van der Waals surface area contributed by atoms with Gasteiger partial charge in [0, 0.05) is 50.7 Å². The standard InChI is InChI=1S/C53H35N3/c1-5-15-35(16-6-1)48-30-42(31-49(54-48)36-17-7-2-8-18-36)39-25-26-52-45(27-39)47-29-41(28-46-44-24-14-13-23-40(44)34-56(52)53(46)47)43-32-50(37-19-9-3-10-20-37)55-51(33-43)38-21-11-4-12-22-38/h1-33H,34H2. The quantitative estimate of drug-likeness (QED) is 0.172. The average Bonchev–Trinajstić information content (AvgIpc) is 3.60. The topological polar surface area (TPSA) is 30.7 Å². The van der Waals surface area contributed by atoms with Gasteiger partial charge in [-0.1, -0.05) is 152 Å². The lowest BCUT2D eigenvalue weighted by Crippen LogP contribution is -2.07. The Bertz CT molecular complexity index is 2960. The van der Waals surface area contributed by atoms with E-state index >= 15 is 0 Å². The predicted molar refractivity (Wildman–Crippen MR) is 232 cm³/mol. The minimum Gasteiger partial charge on any atom is -0.335 e. The molecule has 1 aliphatic rings. The highest BCUT2D eigenvalue weighted by atomic mass is 15.0. The van der Waals surface area contributed by atoms with Gasteiger partial charge in [-0.05, 0) is 81.9 Å². The van der Waals surface area contributed by atoms with Gasteiger partial charge in [0.05, 0.1) is 28.3 Å². The Morgan fingerprint density at radius 3 is 1.27 bits per heavy atom. The highest BCUT2D eigenvalue weighted by molar-refractivity contribution is 6.16. The highest BCUT2D eigenvalue weighted by Gasteiger charge is 2.24. The van der Waals surface area contributed by atoms with Gasteiger partial charge in [0.2, 0.25) is 0 Å². The predicted octanol–water partition coefficient (Wildman–Crippen LogP) is 13.6. The van der Waals surface area contributed by atoms with E-state index in [9.17, 15) is 0 Å². The molecule has 11 rings (SSSR count). The second kappa shape index (κ2) is 13.2. The molecule has 0 aliphatic carbocycles. The lowest BCUT2D eigenvalue weighted by Gasteiger charge is -2.21. The van der Waals surface area contributed by atoms with E-state index in [0.29, 0.717) is 0 Å². The summed E-state index contributed by atoms with van der Waals surface area (Å²) in [5, 5.41) is 2.50. The Balaban J connectivity index is 1.16. The van der Waals surface area contributed by atoms with E-state index in [1.807, 2.05) is 0 Å². The van der Waals surface area contributed by atoms with Crippen molar-refractivity contribution in [2.75, 3.05) is 0 Å². The van der Waals surface area contributed by atoms with Gasteiger partial charge in [-0.15, -0.1) is 0 Å². The number of pyridine rings is 2. The lowest BCUT2D eigenvalue weighted by atomic mass is 9.90. The lowest BCUT2D eigenvalue weighted by molar-refractivity contribution is 0.860. The van der Waals surface area contributed by atoms with Crippen LogP contribution in [0.5, 0.6) is 0 Å². The zero-order chi connectivity index (χ0) is 37.0. The number of nitrogens with zero attached hydrogens (tertiary/aromatic N) is 3. The van der Waals surface area contributed by atoms with E-state index in [1.54, 1.807) is 0 Å². The third-order valence-corrected chi connectivity index (χ3v) is 11.2. The summed E-state index contributed by atoms with van der Waals surface area (Å²) in [4.78, 5) is 10.4. The summed E-state index contributed by atoms with van der Waals surface area (Å²) in [6, 6.07) is 71.7. The van der Waals surface area contributed by atoms with E-state index in [4.69, 9.17) is 9.97 Å². The molecule has 1 aliphatic heterocycles. The van der Waals surface area contributed by atoms with Gasteiger partial charge >= 0.3 is 0 Å². The number of fused-ring (bicyclic) bond motifs is 5. The van der Waals surface area contributed by atoms with Crippen LogP contribution in [-0.2, 0) is 6.54 Å². The molecule has 10 aromatic rings. The molecule has 0 amide bonds. The first-order chi connectivity index (χ1) is 27.7. The molecule has 0 unspecified atom stereocenters. The van der Waals surface area contributed by atoms with Crippen molar-refractivity contribution >= 4 is 21.8 Å². The Hall–Kier alpha value is -7.36. The zero-order valence-corrected chi connectivity index (χ0v) is 30.6. The van der Waals surface area contributed by atoms with Gasteiger partial charge in [-0.25, -0.2) is 9.97 Å². The molecule has 0 saturated carbocycles. The molecule has 3 heteroatoms. The maximum atomic E-state index is 5.20. The Morgan fingerprint density at radius 2 is 0.750 bits per heavy atom. The molecule has 0 spiro atoms. The molecule has 3 aromatic heterocycles. The molecule has 0 radical (unpaired) electrons. The minimum atomic E-state index is 0.832. The molecule has 56 heavy (non-hydrogen) atoms.